The van der Waals surface area contributed by atoms with Crippen molar-refractivity contribution >= 4 is 11.8 Å². The molecule has 0 radical (unpaired) electrons. The number of benzene rings is 1. The van der Waals surface area contributed by atoms with E-state index < -0.39 is 5.97 Å². The normalized spacial score (nSPS) is 13.5. The minimum Gasteiger partial charge on any atom is -0.481 e. The molecule has 0 unspecified atom stereocenters. The van der Waals surface area contributed by atoms with Gasteiger partial charge in [0.15, 0.2) is 0 Å². The van der Waals surface area contributed by atoms with Gasteiger partial charge in [-0.25, -0.2) is 9.67 Å². The number of fused-ring (bicyclic) bond motifs is 1. The summed E-state index contributed by atoms with van der Waals surface area (Å²) < 4.78 is 7.62. The summed E-state index contributed by atoms with van der Waals surface area (Å²) in [4.78, 5) is 16.1. The van der Waals surface area contributed by atoms with E-state index in [0.29, 0.717) is 30.9 Å². The number of nitriles is 1. The average molecular weight is 446 g/mol. The Hall–Kier alpha value is -3.86. The lowest BCUT2D eigenvalue weighted by Crippen LogP contribution is -2.14. The van der Waals surface area contributed by atoms with Crippen molar-refractivity contribution < 1.29 is 14.6 Å². The predicted octanol–water partition coefficient (Wildman–Crippen LogP) is 3.47. The van der Waals surface area contributed by atoms with Gasteiger partial charge >= 0.3 is 5.97 Å². The zero-order valence-electron chi connectivity index (χ0n) is 18.6. The second-order valence-corrected chi connectivity index (χ2v) is 8.27. The Morgan fingerprint density at radius 1 is 1.30 bits per heavy atom. The molecule has 1 aliphatic heterocycles. The molecule has 0 spiro atoms. The molecule has 0 amide bonds. The van der Waals surface area contributed by atoms with E-state index in [1.165, 1.54) is 5.56 Å². The van der Waals surface area contributed by atoms with Crippen molar-refractivity contribution in [2.75, 3.05) is 18.5 Å². The monoisotopic (exact) mass is 445 g/mol. The molecule has 0 fully saturated rings. The fraction of sp³-hybridized carbons (Fsp3) is 0.360. The summed E-state index contributed by atoms with van der Waals surface area (Å²) in [7, 11) is 1.81. The van der Waals surface area contributed by atoms with Crippen molar-refractivity contribution in [2.45, 2.75) is 38.0 Å². The standard InChI is InChI=1S/C25H27N5O3/c1-30-23(33-11-9-21-8-7-18-6-3-10-27-25(18)28-21)15-22(29-30)13-20(14-24(31)32)19-5-2-4-17(12-19)16-26/h2,4-5,7-8,12,15,20H,3,6,9-11,13-14H2,1H3,(H,27,28)(H,31,32)/t20-/m0/s1. The van der Waals surface area contributed by atoms with Crippen LogP contribution in [0.25, 0.3) is 0 Å². The predicted molar refractivity (Wildman–Crippen MR) is 123 cm³/mol. The van der Waals surface area contributed by atoms with Gasteiger partial charge in [0.2, 0.25) is 5.88 Å². The second-order valence-electron chi connectivity index (χ2n) is 8.27. The summed E-state index contributed by atoms with van der Waals surface area (Å²) in [5, 5.41) is 26.4. The molecule has 33 heavy (non-hydrogen) atoms. The number of pyridine rings is 1. The van der Waals surface area contributed by atoms with Gasteiger partial charge in [-0.05, 0) is 54.5 Å². The van der Waals surface area contributed by atoms with Crippen LogP contribution in [0.5, 0.6) is 5.88 Å². The SMILES string of the molecule is Cn1nc(C[C@@H](CC(=O)O)c2cccc(C#N)c2)cc1OCCc1ccc2c(n1)NCCC2. The van der Waals surface area contributed by atoms with Gasteiger partial charge in [-0.3, -0.25) is 4.79 Å². The first-order chi connectivity index (χ1) is 16.0. The Labute approximate surface area is 192 Å². The van der Waals surface area contributed by atoms with Crippen molar-refractivity contribution in [1.82, 2.24) is 14.8 Å². The fourth-order valence-corrected chi connectivity index (χ4v) is 4.14. The van der Waals surface area contributed by atoms with E-state index in [-0.39, 0.29) is 12.3 Å². The third-order valence-corrected chi connectivity index (χ3v) is 5.81. The quantitative estimate of drug-likeness (QED) is 0.518. The molecule has 0 aliphatic carbocycles. The fourth-order valence-electron chi connectivity index (χ4n) is 4.14. The van der Waals surface area contributed by atoms with Crippen LogP contribution in [-0.4, -0.2) is 39.0 Å². The smallest absolute Gasteiger partial charge is 0.303 e. The Morgan fingerprint density at radius 2 is 2.18 bits per heavy atom. The third kappa shape index (κ3) is 5.69. The first-order valence-corrected chi connectivity index (χ1v) is 11.1. The van der Waals surface area contributed by atoms with Crippen LogP contribution >= 0.6 is 0 Å². The number of aromatic nitrogens is 3. The molecule has 0 saturated heterocycles. The Bertz CT molecular complexity index is 1180. The number of hydrogen-bond acceptors (Lipinski definition) is 6. The molecule has 1 aliphatic rings. The number of carbonyl (C=O) groups is 1. The van der Waals surface area contributed by atoms with Crippen molar-refractivity contribution in [2.24, 2.45) is 7.05 Å². The van der Waals surface area contributed by atoms with E-state index in [1.807, 2.05) is 19.2 Å². The van der Waals surface area contributed by atoms with Gasteiger partial charge in [-0.15, -0.1) is 0 Å². The maximum atomic E-state index is 11.4. The number of ether oxygens (including phenoxy) is 1. The van der Waals surface area contributed by atoms with Crippen LogP contribution < -0.4 is 10.1 Å². The van der Waals surface area contributed by atoms with Crippen LogP contribution in [0.4, 0.5) is 5.82 Å². The van der Waals surface area contributed by atoms with Gasteiger partial charge in [-0.2, -0.15) is 10.4 Å². The van der Waals surface area contributed by atoms with Gasteiger partial charge in [0.25, 0.3) is 0 Å². The Balaban J connectivity index is 1.40. The Morgan fingerprint density at radius 3 is 3.00 bits per heavy atom. The number of nitrogens with zero attached hydrogens (tertiary/aromatic N) is 4. The first-order valence-electron chi connectivity index (χ1n) is 11.1. The van der Waals surface area contributed by atoms with Crippen molar-refractivity contribution in [3.05, 3.63) is 70.5 Å². The number of hydrogen-bond donors (Lipinski definition) is 2. The molecule has 3 heterocycles. The molecule has 2 aromatic heterocycles. The van der Waals surface area contributed by atoms with Gasteiger partial charge in [0.1, 0.15) is 5.82 Å². The molecular weight excluding hydrogens is 418 g/mol. The molecule has 0 saturated carbocycles. The number of carboxylic acid groups (broad SMARTS) is 1. The van der Waals surface area contributed by atoms with Gasteiger partial charge < -0.3 is 15.2 Å². The highest BCUT2D eigenvalue weighted by molar-refractivity contribution is 5.68. The van der Waals surface area contributed by atoms with Crippen LogP contribution in [0.3, 0.4) is 0 Å². The molecule has 8 nitrogen and oxygen atoms in total. The highest BCUT2D eigenvalue weighted by Gasteiger charge is 2.19. The van der Waals surface area contributed by atoms with E-state index in [1.54, 1.807) is 22.9 Å². The highest BCUT2D eigenvalue weighted by Crippen LogP contribution is 2.26. The zero-order valence-corrected chi connectivity index (χ0v) is 18.6. The molecule has 170 valence electrons. The van der Waals surface area contributed by atoms with Gasteiger partial charge in [-0.1, -0.05) is 18.2 Å². The van der Waals surface area contributed by atoms with Crippen LogP contribution in [0.15, 0.2) is 42.5 Å². The van der Waals surface area contributed by atoms with E-state index in [2.05, 4.69) is 28.6 Å². The summed E-state index contributed by atoms with van der Waals surface area (Å²) in [5.74, 6) is 0.431. The minimum absolute atomic E-state index is 0.0420. The largest absolute Gasteiger partial charge is 0.481 e. The summed E-state index contributed by atoms with van der Waals surface area (Å²) in [6.07, 6.45) is 3.28. The van der Waals surface area contributed by atoms with Crippen LogP contribution in [0, 0.1) is 11.3 Å². The topological polar surface area (TPSA) is 113 Å². The number of aliphatic carboxylic acids is 1. The van der Waals surface area contributed by atoms with Crippen LogP contribution in [-0.2, 0) is 31.1 Å². The van der Waals surface area contributed by atoms with E-state index in [9.17, 15) is 15.2 Å². The number of carboxylic acids is 1. The third-order valence-electron chi connectivity index (χ3n) is 5.81. The number of rotatable bonds is 9. The first kappa shape index (κ1) is 22.3. The maximum Gasteiger partial charge on any atom is 0.303 e. The average Bonchev–Trinajstić information content (AvgIpc) is 3.17. The number of anilines is 1. The van der Waals surface area contributed by atoms with Crippen LogP contribution in [0.2, 0.25) is 0 Å². The lowest BCUT2D eigenvalue weighted by atomic mass is 9.90. The number of nitrogens with one attached hydrogen (secondary N) is 1. The highest BCUT2D eigenvalue weighted by atomic mass is 16.5. The van der Waals surface area contributed by atoms with E-state index in [4.69, 9.17) is 9.72 Å². The van der Waals surface area contributed by atoms with Crippen LogP contribution in [0.1, 0.15) is 46.8 Å². The molecule has 1 atom stereocenters. The minimum atomic E-state index is -0.887. The molecule has 4 rings (SSSR count). The van der Waals surface area contributed by atoms with Crippen molar-refractivity contribution in [1.29, 1.82) is 5.26 Å². The molecular formula is C25H27N5O3. The van der Waals surface area contributed by atoms with Crippen molar-refractivity contribution in [3.63, 3.8) is 0 Å². The molecule has 1 aromatic carbocycles. The lowest BCUT2D eigenvalue weighted by Gasteiger charge is -2.17. The number of aryl methyl sites for hydroxylation is 2. The van der Waals surface area contributed by atoms with Gasteiger partial charge in [0, 0.05) is 31.8 Å². The summed E-state index contributed by atoms with van der Waals surface area (Å²) in [5.41, 5.74) is 4.32. The molecule has 2 N–H and O–H groups in total. The molecule has 8 heteroatoms. The van der Waals surface area contributed by atoms with E-state index >= 15 is 0 Å². The van der Waals surface area contributed by atoms with E-state index in [0.717, 1.165) is 42.2 Å². The second kappa shape index (κ2) is 10.2. The maximum absolute atomic E-state index is 11.4. The summed E-state index contributed by atoms with van der Waals surface area (Å²) in [6, 6.07) is 15.2. The molecule has 3 aromatic rings. The summed E-state index contributed by atoms with van der Waals surface area (Å²) >= 11 is 0. The van der Waals surface area contributed by atoms with Crippen molar-refractivity contribution in [3.8, 4) is 11.9 Å². The zero-order chi connectivity index (χ0) is 23.2. The summed E-state index contributed by atoms with van der Waals surface area (Å²) in [6.45, 7) is 1.43. The Kier molecular flexibility index (Phi) is 6.89. The van der Waals surface area contributed by atoms with Gasteiger partial charge in [0.05, 0.1) is 30.4 Å². The lowest BCUT2D eigenvalue weighted by molar-refractivity contribution is -0.137. The molecule has 0 bridgehead atoms.